The maximum Gasteiger partial charge on any atom is 0.416 e. The third-order valence-electron chi connectivity index (χ3n) is 6.81. The highest BCUT2D eigenvalue weighted by Gasteiger charge is 2.29. The molecule has 1 aromatic rings. The van der Waals surface area contributed by atoms with Crippen LogP contribution in [0.4, 0.5) is 13.2 Å². The molecule has 1 rings (SSSR count). The predicted octanol–water partition coefficient (Wildman–Crippen LogP) is 9.76. The molecular weight excluding hydrogens is 505 g/mol. The first-order valence-electron chi connectivity index (χ1n) is 15.3. The van der Waals surface area contributed by atoms with E-state index in [1.165, 1.54) is 116 Å². The number of carboxylic acids is 1. The van der Waals surface area contributed by atoms with Crippen molar-refractivity contribution >= 4 is 16.9 Å². The van der Waals surface area contributed by atoms with Gasteiger partial charge in [-0.25, -0.2) is 0 Å². The molecule has 38 heavy (non-hydrogen) atoms. The lowest BCUT2D eigenvalue weighted by Gasteiger charge is -2.10. The van der Waals surface area contributed by atoms with Crippen molar-refractivity contribution in [2.75, 3.05) is 17.3 Å². The second-order valence-corrected chi connectivity index (χ2v) is 12.8. The van der Waals surface area contributed by atoms with Crippen molar-refractivity contribution in [2.45, 2.75) is 143 Å². The molecular formula is C32H55F3O2S. The van der Waals surface area contributed by atoms with Gasteiger partial charge in [0.25, 0.3) is 0 Å². The molecule has 0 unspecified atom stereocenters. The van der Waals surface area contributed by atoms with Crippen LogP contribution in [-0.4, -0.2) is 23.2 Å². The zero-order chi connectivity index (χ0) is 28.5. The number of aromatic carboxylic acids is 1. The van der Waals surface area contributed by atoms with Gasteiger partial charge in [-0.1, -0.05) is 110 Å². The Kier molecular flexibility index (Phi) is 24.1. The highest BCUT2D eigenvalue weighted by molar-refractivity contribution is 7.96. The van der Waals surface area contributed by atoms with Crippen molar-refractivity contribution in [3.8, 4) is 0 Å². The Labute approximate surface area is 234 Å². The highest BCUT2D eigenvalue weighted by atomic mass is 32.2. The molecule has 0 heterocycles. The number of hydrogen-bond donors (Lipinski definition) is 0. The van der Waals surface area contributed by atoms with E-state index in [1.54, 1.807) is 17.3 Å². The second kappa shape index (κ2) is 24.8. The molecule has 222 valence electrons. The zero-order valence-corrected chi connectivity index (χ0v) is 25.3. The number of carbonyl (C=O) groups is 1. The molecule has 0 spiro atoms. The van der Waals surface area contributed by atoms with Gasteiger partial charge in [-0.05, 0) is 67.1 Å². The van der Waals surface area contributed by atoms with Gasteiger partial charge in [0.05, 0.1) is 11.5 Å². The van der Waals surface area contributed by atoms with Gasteiger partial charge < -0.3 is 9.90 Å². The molecule has 0 saturated heterocycles. The van der Waals surface area contributed by atoms with E-state index in [0.717, 1.165) is 23.0 Å². The van der Waals surface area contributed by atoms with E-state index in [9.17, 15) is 23.1 Å². The summed E-state index contributed by atoms with van der Waals surface area (Å²) in [4.78, 5) is 10.2. The standard InChI is InChI=1S/C24H51S.C8H5F3O2/c1-4-7-10-13-16-19-22-25(23-20-17-14-11-8-5-2)24-21-18-15-12-9-6-3;9-8(10,11)6-3-1-5(2-4-6)7(12)13/h4-24H2,1-3H3;1-4H,(H,12,13)/q+1;/p-1. The Morgan fingerprint density at radius 1 is 0.605 bits per heavy atom. The largest absolute Gasteiger partial charge is 0.545 e. The van der Waals surface area contributed by atoms with Crippen molar-refractivity contribution in [2.24, 2.45) is 0 Å². The van der Waals surface area contributed by atoms with Gasteiger partial charge >= 0.3 is 6.18 Å². The summed E-state index contributed by atoms with van der Waals surface area (Å²) in [5.74, 6) is 3.16. The van der Waals surface area contributed by atoms with Gasteiger partial charge in [-0.2, -0.15) is 13.2 Å². The summed E-state index contributed by atoms with van der Waals surface area (Å²) in [7, 11) is 0.754. The Hall–Kier alpha value is -1.17. The number of alkyl halides is 3. The van der Waals surface area contributed by atoms with Crippen LogP contribution in [0.2, 0.25) is 0 Å². The van der Waals surface area contributed by atoms with Gasteiger partial charge in [-0.15, -0.1) is 0 Å². The van der Waals surface area contributed by atoms with Crippen LogP contribution in [0.5, 0.6) is 0 Å². The lowest BCUT2D eigenvalue weighted by atomic mass is 10.1. The number of unbranched alkanes of at least 4 members (excludes halogenated alkanes) is 15. The maximum atomic E-state index is 12.0. The molecule has 0 aliphatic carbocycles. The average Bonchev–Trinajstić information content (AvgIpc) is 2.89. The number of halogens is 3. The smallest absolute Gasteiger partial charge is 0.416 e. The normalized spacial score (nSPS) is 11.4. The molecule has 2 nitrogen and oxygen atoms in total. The van der Waals surface area contributed by atoms with E-state index in [-0.39, 0.29) is 5.56 Å². The fourth-order valence-electron chi connectivity index (χ4n) is 4.36. The number of rotatable bonds is 22. The quantitative estimate of drug-likeness (QED) is 0.105. The van der Waals surface area contributed by atoms with Gasteiger partial charge in [-0.3, -0.25) is 0 Å². The zero-order valence-electron chi connectivity index (χ0n) is 24.5. The van der Waals surface area contributed by atoms with Crippen LogP contribution in [-0.2, 0) is 17.1 Å². The molecule has 0 radical (unpaired) electrons. The Morgan fingerprint density at radius 2 is 0.921 bits per heavy atom. The molecule has 0 amide bonds. The number of hydrogen-bond acceptors (Lipinski definition) is 2. The summed E-state index contributed by atoms with van der Waals surface area (Å²) in [6.45, 7) is 6.95. The first-order chi connectivity index (χ1) is 18.3. The van der Waals surface area contributed by atoms with Crippen LogP contribution < -0.4 is 5.11 Å². The van der Waals surface area contributed by atoms with E-state index in [4.69, 9.17) is 0 Å². The van der Waals surface area contributed by atoms with Crippen LogP contribution >= 0.6 is 0 Å². The SMILES string of the molecule is CCCCCCCC[S+](CCCCCCCC)CCCCCCCC.O=C([O-])c1ccc(C(F)(F)F)cc1. The molecule has 0 aromatic heterocycles. The maximum absolute atomic E-state index is 12.0. The minimum atomic E-state index is -4.44. The summed E-state index contributed by atoms with van der Waals surface area (Å²) in [6.07, 6.45) is 21.9. The van der Waals surface area contributed by atoms with E-state index in [2.05, 4.69) is 20.8 Å². The van der Waals surface area contributed by atoms with Crippen LogP contribution in [0.1, 0.15) is 152 Å². The van der Waals surface area contributed by atoms with Gasteiger partial charge in [0.2, 0.25) is 0 Å². The number of carbonyl (C=O) groups excluding carboxylic acids is 1. The van der Waals surface area contributed by atoms with E-state index in [1.807, 2.05) is 0 Å². The summed E-state index contributed by atoms with van der Waals surface area (Å²) < 4.78 is 35.9. The molecule has 0 fully saturated rings. The minimum absolute atomic E-state index is 0.270. The third kappa shape index (κ3) is 21.7. The van der Waals surface area contributed by atoms with Crippen molar-refractivity contribution in [1.29, 1.82) is 0 Å². The van der Waals surface area contributed by atoms with Gasteiger partial charge in [0.1, 0.15) is 17.3 Å². The van der Waals surface area contributed by atoms with Gasteiger partial charge in [0.15, 0.2) is 0 Å². The predicted molar refractivity (Wildman–Crippen MR) is 158 cm³/mol. The summed E-state index contributed by atoms with van der Waals surface area (Å²) in [5.41, 5.74) is -1.15. The summed E-state index contributed by atoms with van der Waals surface area (Å²) in [6, 6.07) is 3.12. The Balaban J connectivity index is 0.000000875. The Bertz CT molecular complexity index is 624. The highest BCUT2D eigenvalue weighted by Crippen LogP contribution is 2.29. The molecule has 0 aliphatic rings. The summed E-state index contributed by atoms with van der Waals surface area (Å²) in [5, 5.41) is 10.2. The van der Waals surface area contributed by atoms with Gasteiger partial charge in [0, 0.05) is 0 Å². The lowest BCUT2D eigenvalue weighted by molar-refractivity contribution is -0.255. The molecule has 0 aliphatic heterocycles. The molecule has 0 atom stereocenters. The lowest BCUT2D eigenvalue weighted by Crippen LogP contribution is -2.22. The first kappa shape index (κ1) is 36.8. The van der Waals surface area contributed by atoms with Crippen LogP contribution in [0.15, 0.2) is 24.3 Å². The van der Waals surface area contributed by atoms with Crippen molar-refractivity contribution < 1.29 is 23.1 Å². The third-order valence-corrected chi connectivity index (χ3v) is 9.41. The fourth-order valence-corrected chi connectivity index (χ4v) is 6.81. The molecule has 0 saturated carbocycles. The monoisotopic (exact) mass is 560 g/mol. The topological polar surface area (TPSA) is 40.1 Å². The Morgan fingerprint density at radius 3 is 1.21 bits per heavy atom. The van der Waals surface area contributed by atoms with Crippen molar-refractivity contribution in [3.05, 3.63) is 35.4 Å². The van der Waals surface area contributed by atoms with Crippen LogP contribution in [0, 0.1) is 0 Å². The van der Waals surface area contributed by atoms with E-state index in [0.29, 0.717) is 12.1 Å². The second-order valence-electron chi connectivity index (χ2n) is 10.4. The first-order valence-corrected chi connectivity index (χ1v) is 17.0. The van der Waals surface area contributed by atoms with E-state index < -0.39 is 17.7 Å². The van der Waals surface area contributed by atoms with Crippen LogP contribution in [0.3, 0.4) is 0 Å². The molecule has 0 N–H and O–H groups in total. The van der Waals surface area contributed by atoms with Crippen molar-refractivity contribution in [1.82, 2.24) is 0 Å². The molecule has 6 heteroatoms. The van der Waals surface area contributed by atoms with E-state index >= 15 is 0 Å². The summed E-state index contributed by atoms with van der Waals surface area (Å²) >= 11 is 0. The number of benzene rings is 1. The molecule has 1 aromatic carbocycles. The van der Waals surface area contributed by atoms with Crippen molar-refractivity contribution in [3.63, 3.8) is 0 Å². The minimum Gasteiger partial charge on any atom is -0.545 e. The molecule has 0 bridgehead atoms. The number of carboxylic acid groups (broad SMARTS) is 1. The van der Waals surface area contributed by atoms with Crippen LogP contribution in [0.25, 0.3) is 0 Å². The average molecular weight is 561 g/mol. The fraction of sp³-hybridized carbons (Fsp3) is 0.781.